The summed E-state index contributed by atoms with van der Waals surface area (Å²) in [4.78, 5) is 11.8. The summed E-state index contributed by atoms with van der Waals surface area (Å²) in [6.45, 7) is 4.44. The van der Waals surface area contributed by atoms with E-state index in [4.69, 9.17) is 0 Å². The number of rotatable bonds is 6. The summed E-state index contributed by atoms with van der Waals surface area (Å²) in [5.41, 5.74) is 4.05. The minimum atomic E-state index is -0.652. The third-order valence-electron chi connectivity index (χ3n) is 3.33. The number of anilines is 1. The molecule has 5 heteroatoms. The van der Waals surface area contributed by atoms with Crippen LogP contribution in [0, 0.1) is 13.8 Å². The van der Waals surface area contributed by atoms with Gasteiger partial charge in [0, 0.05) is 12.2 Å². The Morgan fingerprint density at radius 1 is 1.29 bits per heavy atom. The Bertz CT molecular complexity index is 576. The van der Waals surface area contributed by atoms with Crippen LogP contribution < -0.4 is 10.6 Å². The summed E-state index contributed by atoms with van der Waals surface area (Å²) in [5, 5.41) is 19.6. The van der Waals surface area contributed by atoms with Crippen molar-refractivity contribution in [2.75, 3.05) is 18.4 Å². The second-order valence-electron chi connectivity index (χ2n) is 5.00. The number of thiophene rings is 1. The molecule has 112 valence electrons. The molecule has 2 rings (SSSR count). The number of amides is 1. The second kappa shape index (κ2) is 7.24. The zero-order valence-corrected chi connectivity index (χ0v) is 13.0. The van der Waals surface area contributed by atoms with Gasteiger partial charge in [0.25, 0.3) is 0 Å². The highest BCUT2D eigenvalue weighted by Gasteiger charge is 2.10. The Morgan fingerprint density at radius 3 is 2.62 bits per heavy atom. The van der Waals surface area contributed by atoms with E-state index in [9.17, 15) is 9.90 Å². The third kappa shape index (κ3) is 4.31. The SMILES string of the molecule is Cc1cccc(C)c1NCC(=O)NCC(O)c1ccsc1. The maximum absolute atomic E-state index is 11.8. The lowest BCUT2D eigenvalue weighted by molar-refractivity contribution is -0.119. The van der Waals surface area contributed by atoms with Crippen molar-refractivity contribution >= 4 is 22.9 Å². The molecular formula is C16H20N2O2S. The van der Waals surface area contributed by atoms with E-state index in [1.54, 1.807) is 0 Å². The average Bonchev–Trinajstić information content (AvgIpc) is 2.98. The Labute approximate surface area is 128 Å². The van der Waals surface area contributed by atoms with Gasteiger partial charge < -0.3 is 15.7 Å². The molecule has 1 aromatic heterocycles. The monoisotopic (exact) mass is 304 g/mol. The molecule has 1 unspecified atom stereocenters. The topological polar surface area (TPSA) is 61.4 Å². The lowest BCUT2D eigenvalue weighted by Gasteiger charge is -2.14. The molecule has 0 radical (unpaired) electrons. The van der Waals surface area contributed by atoms with Gasteiger partial charge in [-0.2, -0.15) is 11.3 Å². The Kier molecular flexibility index (Phi) is 5.36. The minimum absolute atomic E-state index is 0.132. The van der Waals surface area contributed by atoms with Crippen LogP contribution in [-0.2, 0) is 4.79 Å². The zero-order chi connectivity index (χ0) is 15.2. The molecule has 2 aromatic rings. The number of aryl methyl sites for hydroxylation is 2. The first kappa shape index (κ1) is 15.5. The van der Waals surface area contributed by atoms with Crippen LogP contribution in [0.15, 0.2) is 35.0 Å². The van der Waals surface area contributed by atoms with Crippen molar-refractivity contribution in [2.24, 2.45) is 0 Å². The van der Waals surface area contributed by atoms with Crippen molar-refractivity contribution in [1.82, 2.24) is 5.32 Å². The molecule has 1 atom stereocenters. The van der Waals surface area contributed by atoms with Gasteiger partial charge in [0.15, 0.2) is 0 Å². The predicted octanol–water partition coefficient (Wildman–Crippen LogP) is 2.63. The lowest BCUT2D eigenvalue weighted by atomic mass is 10.1. The number of carbonyl (C=O) groups is 1. The van der Waals surface area contributed by atoms with Crippen molar-refractivity contribution in [1.29, 1.82) is 0 Å². The summed E-state index contributed by atoms with van der Waals surface area (Å²) in [7, 11) is 0. The summed E-state index contributed by atoms with van der Waals surface area (Å²) < 4.78 is 0. The van der Waals surface area contributed by atoms with Crippen LogP contribution in [-0.4, -0.2) is 24.1 Å². The van der Waals surface area contributed by atoms with Crippen LogP contribution in [0.1, 0.15) is 22.8 Å². The van der Waals surface area contributed by atoms with Crippen LogP contribution in [0.4, 0.5) is 5.69 Å². The highest BCUT2D eigenvalue weighted by Crippen LogP contribution is 2.19. The summed E-state index contributed by atoms with van der Waals surface area (Å²) in [6.07, 6.45) is -0.652. The van der Waals surface area contributed by atoms with Crippen molar-refractivity contribution < 1.29 is 9.90 Å². The molecule has 1 aromatic carbocycles. The van der Waals surface area contributed by atoms with Crippen molar-refractivity contribution in [3.05, 3.63) is 51.7 Å². The molecule has 0 aliphatic rings. The second-order valence-corrected chi connectivity index (χ2v) is 5.78. The molecule has 0 aliphatic heterocycles. The van der Waals surface area contributed by atoms with Gasteiger partial charge in [-0.05, 0) is 47.4 Å². The Balaban J connectivity index is 1.80. The van der Waals surface area contributed by atoms with E-state index in [-0.39, 0.29) is 19.0 Å². The van der Waals surface area contributed by atoms with Crippen LogP contribution in [0.5, 0.6) is 0 Å². The lowest BCUT2D eigenvalue weighted by Crippen LogP contribution is -2.33. The van der Waals surface area contributed by atoms with Crippen LogP contribution in [0.25, 0.3) is 0 Å². The van der Waals surface area contributed by atoms with E-state index in [0.29, 0.717) is 0 Å². The molecule has 0 saturated carbocycles. The van der Waals surface area contributed by atoms with Crippen molar-refractivity contribution in [3.63, 3.8) is 0 Å². The van der Waals surface area contributed by atoms with E-state index < -0.39 is 6.10 Å². The van der Waals surface area contributed by atoms with Gasteiger partial charge in [-0.25, -0.2) is 0 Å². The largest absolute Gasteiger partial charge is 0.387 e. The number of para-hydroxylation sites is 1. The normalized spacial score (nSPS) is 12.0. The fourth-order valence-corrected chi connectivity index (χ4v) is 2.82. The summed E-state index contributed by atoms with van der Waals surface area (Å²) in [5.74, 6) is -0.132. The van der Waals surface area contributed by atoms with Crippen LogP contribution >= 0.6 is 11.3 Å². The molecule has 0 fully saturated rings. The first-order chi connectivity index (χ1) is 10.1. The first-order valence-electron chi connectivity index (χ1n) is 6.85. The van der Waals surface area contributed by atoms with E-state index in [1.807, 2.05) is 48.9 Å². The zero-order valence-electron chi connectivity index (χ0n) is 12.2. The quantitative estimate of drug-likeness (QED) is 0.769. The number of benzene rings is 1. The molecule has 0 spiro atoms. The van der Waals surface area contributed by atoms with Crippen LogP contribution in [0.2, 0.25) is 0 Å². The number of nitrogens with one attached hydrogen (secondary N) is 2. The van der Waals surface area contributed by atoms with Gasteiger partial charge >= 0.3 is 0 Å². The molecule has 3 N–H and O–H groups in total. The number of hydrogen-bond donors (Lipinski definition) is 3. The molecule has 1 heterocycles. The molecule has 21 heavy (non-hydrogen) atoms. The summed E-state index contributed by atoms with van der Waals surface area (Å²) >= 11 is 1.53. The maximum Gasteiger partial charge on any atom is 0.239 e. The highest BCUT2D eigenvalue weighted by molar-refractivity contribution is 7.07. The fourth-order valence-electron chi connectivity index (χ4n) is 2.12. The Hall–Kier alpha value is -1.85. The standard InChI is InChI=1S/C16H20N2O2S/c1-11-4-3-5-12(2)16(11)18-9-15(20)17-8-14(19)13-6-7-21-10-13/h3-7,10,14,18-19H,8-9H2,1-2H3,(H,17,20). The van der Waals surface area contributed by atoms with E-state index in [1.165, 1.54) is 11.3 Å². The van der Waals surface area contributed by atoms with E-state index in [2.05, 4.69) is 10.6 Å². The number of aliphatic hydroxyl groups is 1. The number of aliphatic hydroxyl groups excluding tert-OH is 1. The minimum Gasteiger partial charge on any atom is -0.387 e. The Morgan fingerprint density at radius 2 is 2.00 bits per heavy atom. The predicted molar refractivity (Wildman–Crippen MR) is 86.7 cm³/mol. The number of hydrogen-bond acceptors (Lipinski definition) is 4. The van der Waals surface area contributed by atoms with Crippen molar-refractivity contribution in [3.8, 4) is 0 Å². The van der Waals surface area contributed by atoms with Gasteiger partial charge in [-0.3, -0.25) is 4.79 Å². The first-order valence-corrected chi connectivity index (χ1v) is 7.79. The van der Waals surface area contributed by atoms with Gasteiger partial charge in [0.05, 0.1) is 12.6 Å². The van der Waals surface area contributed by atoms with Gasteiger partial charge in [0.2, 0.25) is 5.91 Å². The molecule has 0 aliphatic carbocycles. The average molecular weight is 304 g/mol. The van der Waals surface area contributed by atoms with Gasteiger partial charge in [-0.15, -0.1) is 0 Å². The number of carbonyl (C=O) groups excluding carboxylic acids is 1. The fraction of sp³-hybridized carbons (Fsp3) is 0.312. The van der Waals surface area contributed by atoms with Gasteiger partial charge in [0.1, 0.15) is 0 Å². The third-order valence-corrected chi connectivity index (χ3v) is 4.03. The van der Waals surface area contributed by atoms with Crippen molar-refractivity contribution in [2.45, 2.75) is 20.0 Å². The molecular weight excluding hydrogens is 284 g/mol. The molecule has 1 amide bonds. The van der Waals surface area contributed by atoms with Gasteiger partial charge in [-0.1, -0.05) is 18.2 Å². The molecule has 4 nitrogen and oxygen atoms in total. The molecule has 0 saturated heterocycles. The maximum atomic E-state index is 11.8. The highest BCUT2D eigenvalue weighted by atomic mass is 32.1. The van der Waals surface area contributed by atoms with E-state index in [0.717, 1.165) is 22.4 Å². The molecule has 0 bridgehead atoms. The van der Waals surface area contributed by atoms with Crippen LogP contribution in [0.3, 0.4) is 0 Å². The smallest absolute Gasteiger partial charge is 0.239 e. The summed E-state index contributed by atoms with van der Waals surface area (Å²) in [6, 6.07) is 7.87. The van der Waals surface area contributed by atoms with E-state index >= 15 is 0 Å².